The van der Waals surface area contributed by atoms with Gasteiger partial charge in [0.15, 0.2) is 0 Å². The van der Waals surface area contributed by atoms with Gasteiger partial charge >= 0.3 is 0 Å². The summed E-state index contributed by atoms with van der Waals surface area (Å²) in [6, 6.07) is 17.2. The topological polar surface area (TPSA) is 155 Å². The van der Waals surface area contributed by atoms with Crippen molar-refractivity contribution in [1.82, 2.24) is 0 Å². The average Bonchev–Trinajstić information content (AvgIpc) is 2.73. The predicted molar refractivity (Wildman–Crippen MR) is 132 cm³/mol. The number of amides is 1. The highest BCUT2D eigenvalue weighted by molar-refractivity contribution is 7.85. The first-order valence-corrected chi connectivity index (χ1v) is 11.8. The second-order valence-electron chi connectivity index (χ2n) is 7.77. The largest absolute Gasteiger partial charge is 0.369 e. The highest BCUT2D eigenvalue weighted by Crippen LogP contribution is 2.27. The second kappa shape index (κ2) is 10.5. The van der Waals surface area contributed by atoms with Crippen molar-refractivity contribution < 1.29 is 17.8 Å². The number of hydrogen-bond donors (Lipinski definition) is 3. The Kier molecular flexibility index (Phi) is 8.18. The van der Waals surface area contributed by atoms with Gasteiger partial charge in [-0.05, 0) is 50.6 Å². The molecule has 11 heteroatoms. The van der Waals surface area contributed by atoms with Gasteiger partial charge in [0.25, 0.3) is 10.1 Å². The van der Waals surface area contributed by atoms with Crippen LogP contribution in [0.5, 0.6) is 0 Å². The van der Waals surface area contributed by atoms with E-state index in [2.05, 4.69) is 9.98 Å². The summed E-state index contributed by atoms with van der Waals surface area (Å²) in [7, 11) is -1.88. The van der Waals surface area contributed by atoms with Gasteiger partial charge < -0.3 is 16.4 Å². The van der Waals surface area contributed by atoms with Crippen molar-refractivity contribution in [2.24, 2.45) is 21.5 Å². The Hall–Kier alpha value is -3.44. The number of guanidine groups is 2. The van der Waals surface area contributed by atoms with Crippen molar-refractivity contribution in [2.75, 3.05) is 22.6 Å². The molecular formula is C22H30N6O4S. The molecule has 1 heterocycles. The minimum absolute atomic E-state index is 0.0192. The number of anilines is 2. The minimum Gasteiger partial charge on any atom is -0.369 e. The molecule has 0 aliphatic carbocycles. The monoisotopic (exact) mass is 474 g/mol. The number of hydrogen-bond acceptors (Lipinski definition) is 8. The van der Waals surface area contributed by atoms with Gasteiger partial charge in [-0.15, -0.1) is 0 Å². The number of aliphatic imine (C=N–C) groups is 2. The van der Waals surface area contributed by atoms with Crippen molar-refractivity contribution in [2.45, 2.75) is 32.9 Å². The van der Waals surface area contributed by atoms with Crippen LogP contribution in [0.2, 0.25) is 0 Å². The fourth-order valence-corrected chi connectivity index (χ4v) is 3.10. The van der Waals surface area contributed by atoms with E-state index in [1.807, 2.05) is 73.3 Å². The molecule has 1 aliphatic heterocycles. The van der Waals surface area contributed by atoms with Crippen molar-refractivity contribution in [3.63, 3.8) is 0 Å². The first kappa shape index (κ1) is 25.8. The molecule has 0 saturated heterocycles. The lowest BCUT2D eigenvalue weighted by Gasteiger charge is -2.38. The summed E-state index contributed by atoms with van der Waals surface area (Å²) >= 11 is 0. The molecule has 2 aromatic carbocycles. The molecule has 0 spiro atoms. The maximum Gasteiger partial charge on any atom is 0.264 e. The maximum absolute atomic E-state index is 12.5. The van der Waals surface area contributed by atoms with Crippen molar-refractivity contribution in [3.8, 4) is 0 Å². The quantitative estimate of drug-likeness (QED) is 0.560. The summed E-state index contributed by atoms with van der Waals surface area (Å²) in [6.07, 6.45) is 0.309. The summed E-state index contributed by atoms with van der Waals surface area (Å²) in [5.41, 5.74) is 13.7. The van der Waals surface area contributed by atoms with Crippen LogP contribution in [-0.2, 0) is 21.3 Å². The van der Waals surface area contributed by atoms with Gasteiger partial charge in [-0.1, -0.05) is 30.3 Å². The van der Waals surface area contributed by atoms with Crippen LogP contribution in [0.4, 0.5) is 11.4 Å². The third-order valence-corrected chi connectivity index (χ3v) is 5.56. The average molecular weight is 475 g/mol. The van der Waals surface area contributed by atoms with Crippen molar-refractivity contribution in [1.29, 1.82) is 0 Å². The summed E-state index contributed by atoms with van der Waals surface area (Å²) in [6.45, 7) is 5.19. The van der Waals surface area contributed by atoms with Gasteiger partial charge in [0.1, 0.15) is 5.66 Å². The smallest absolute Gasteiger partial charge is 0.264 e. The third-order valence-electron chi connectivity index (χ3n) is 4.83. The zero-order chi connectivity index (χ0) is 24.8. The standard InChI is InChI=1S/C20H24N6O.C2H6O3S/c1-20(2)24-18(21)23-19(22)26(20)16-11-9-14(10-12-16)13-17(27)25(3)15-7-5-4-6-8-15;1-2-6(3,4)5/h4-12H,13H2,1-3H3,(H4,21,22,23,24);2H2,1H3,(H,3,4,5). The van der Waals surface area contributed by atoms with E-state index in [0.717, 1.165) is 16.9 Å². The highest BCUT2D eigenvalue weighted by Gasteiger charge is 2.32. The fraction of sp³-hybridized carbons (Fsp3) is 0.318. The van der Waals surface area contributed by atoms with Gasteiger partial charge in [-0.25, -0.2) is 4.99 Å². The molecule has 33 heavy (non-hydrogen) atoms. The van der Waals surface area contributed by atoms with E-state index in [9.17, 15) is 13.2 Å². The normalized spacial score (nSPS) is 15.0. The molecule has 0 atom stereocenters. The van der Waals surface area contributed by atoms with Crippen LogP contribution in [0.15, 0.2) is 64.6 Å². The number of nitrogens with zero attached hydrogens (tertiary/aromatic N) is 4. The van der Waals surface area contributed by atoms with Crippen LogP contribution in [0.3, 0.4) is 0 Å². The van der Waals surface area contributed by atoms with E-state index < -0.39 is 15.8 Å². The lowest BCUT2D eigenvalue weighted by Crippen LogP contribution is -2.54. The number of carbonyl (C=O) groups excluding carboxylic acids is 1. The molecule has 0 fully saturated rings. The van der Waals surface area contributed by atoms with Crippen LogP contribution in [0, 0.1) is 0 Å². The Labute approximate surface area is 194 Å². The lowest BCUT2D eigenvalue weighted by atomic mass is 10.1. The third kappa shape index (κ3) is 7.29. The molecule has 0 saturated carbocycles. The Bertz CT molecular complexity index is 1130. The SMILES string of the molecule is CCS(=O)(=O)O.CN(C(=O)Cc1ccc(N2C(N)=NC(N)=NC2(C)C)cc1)c1ccccc1. The number of para-hydroxylation sites is 1. The first-order valence-electron chi connectivity index (χ1n) is 10.2. The van der Waals surface area contributed by atoms with E-state index in [1.165, 1.54) is 6.92 Å². The summed E-state index contributed by atoms with van der Waals surface area (Å²) in [5.74, 6) is 0.276. The number of carbonyl (C=O) groups is 1. The van der Waals surface area contributed by atoms with Crippen molar-refractivity contribution in [3.05, 3.63) is 60.2 Å². The molecule has 0 bridgehead atoms. The molecule has 1 aliphatic rings. The molecule has 0 unspecified atom stereocenters. The second-order valence-corrected chi connectivity index (χ2v) is 9.51. The Morgan fingerprint density at radius 2 is 1.64 bits per heavy atom. The molecule has 10 nitrogen and oxygen atoms in total. The van der Waals surface area contributed by atoms with Gasteiger partial charge in [0, 0.05) is 18.4 Å². The van der Waals surface area contributed by atoms with Crippen molar-refractivity contribution >= 4 is 39.3 Å². The van der Waals surface area contributed by atoms with Gasteiger partial charge in [-0.3, -0.25) is 14.2 Å². The molecule has 0 radical (unpaired) electrons. The summed E-state index contributed by atoms with van der Waals surface area (Å²) in [5, 5.41) is 0. The number of benzene rings is 2. The Morgan fingerprint density at radius 1 is 1.09 bits per heavy atom. The molecular weight excluding hydrogens is 444 g/mol. The lowest BCUT2D eigenvalue weighted by molar-refractivity contribution is -0.117. The molecule has 5 N–H and O–H groups in total. The molecule has 3 rings (SSSR count). The maximum atomic E-state index is 12.5. The molecule has 178 valence electrons. The van der Waals surface area contributed by atoms with E-state index in [4.69, 9.17) is 16.0 Å². The van der Waals surface area contributed by atoms with Gasteiger partial charge in [0.2, 0.25) is 17.8 Å². The zero-order valence-corrected chi connectivity index (χ0v) is 20.0. The van der Waals surface area contributed by atoms with E-state index >= 15 is 0 Å². The summed E-state index contributed by atoms with van der Waals surface area (Å²) < 4.78 is 26.9. The predicted octanol–water partition coefficient (Wildman–Crippen LogP) is 1.97. The van der Waals surface area contributed by atoms with Crippen LogP contribution in [-0.4, -0.2) is 49.3 Å². The number of likely N-dealkylation sites (N-methyl/N-ethyl adjacent to an activating group) is 1. The van der Waals surface area contributed by atoms with Crippen LogP contribution in [0.25, 0.3) is 0 Å². The molecule has 1 amide bonds. The van der Waals surface area contributed by atoms with E-state index in [0.29, 0.717) is 12.4 Å². The molecule has 0 aromatic heterocycles. The Balaban J connectivity index is 0.000000569. The van der Waals surface area contributed by atoms with Gasteiger partial charge in [-0.2, -0.15) is 13.4 Å². The van der Waals surface area contributed by atoms with Crippen LogP contribution < -0.4 is 21.3 Å². The number of rotatable bonds is 5. The minimum atomic E-state index is -3.66. The number of nitrogens with two attached hydrogens (primary N) is 2. The Morgan fingerprint density at radius 3 is 2.12 bits per heavy atom. The van der Waals surface area contributed by atoms with E-state index in [-0.39, 0.29) is 17.6 Å². The zero-order valence-electron chi connectivity index (χ0n) is 19.1. The van der Waals surface area contributed by atoms with Crippen LogP contribution in [0.1, 0.15) is 26.3 Å². The highest BCUT2D eigenvalue weighted by atomic mass is 32.2. The fourth-order valence-electron chi connectivity index (χ4n) is 3.10. The summed E-state index contributed by atoms with van der Waals surface area (Å²) in [4.78, 5) is 24.4. The van der Waals surface area contributed by atoms with Crippen LogP contribution >= 0.6 is 0 Å². The first-order chi connectivity index (χ1) is 15.3. The van der Waals surface area contributed by atoms with E-state index in [1.54, 1.807) is 11.9 Å². The van der Waals surface area contributed by atoms with Gasteiger partial charge in [0.05, 0.1) is 12.2 Å². The molecule has 2 aromatic rings.